The Hall–Kier alpha value is -1.42. The predicted octanol–water partition coefficient (Wildman–Crippen LogP) is 3.40. The van der Waals surface area contributed by atoms with E-state index in [1.165, 1.54) is 19.2 Å². The van der Waals surface area contributed by atoms with Gasteiger partial charge in [0.05, 0.1) is 12.1 Å². The molecule has 0 aliphatic rings. The Morgan fingerprint density at radius 3 is 2.61 bits per heavy atom. The van der Waals surface area contributed by atoms with Gasteiger partial charge in [0, 0.05) is 18.4 Å². The number of rotatable bonds is 6. The summed E-state index contributed by atoms with van der Waals surface area (Å²) >= 11 is 5.82. The van der Waals surface area contributed by atoms with E-state index < -0.39 is 5.82 Å². The molecule has 5 heteroatoms. The van der Waals surface area contributed by atoms with E-state index in [0.717, 1.165) is 6.07 Å². The third kappa shape index (κ3) is 4.45. The highest BCUT2D eigenvalue weighted by Gasteiger charge is 2.11. The van der Waals surface area contributed by atoms with Gasteiger partial charge in [0.2, 0.25) is 0 Å². The van der Waals surface area contributed by atoms with Gasteiger partial charge in [-0.2, -0.15) is 0 Å². The Morgan fingerprint density at radius 2 is 1.94 bits per heavy atom. The summed E-state index contributed by atoms with van der Waals surface area (Å²) < 4.78 is 17.5. The van der Waals surface area contributed by atoms with E-state index in [-0.39, 0.29) is 35.2 Å². The zero-order valence-electron chi connectivity index (χ0n) is 10.0. The summed E-state index contributed by atoms with van der Waals surface area (Å²) in [4.78, 5) is 22.6. The molecule has 0 heterocycles. The van der Waals surface area contributed by atoms with Crippen molar-refractivity contribution in [2.24, 2.45) is 0 Å². The number of benzene rings is 1. The predicted molar refractivity (Wildman–Crippen MR) is 66.2 cm³/mol. The molecule has 1 rings (SSSR count). The number of ether oxygens (including phenoxy) is 1. The number of hydrogen-bond donors (Lipinski definition) is 0. The highest BCUT2D eigenvalue weighted by atomic mass is 35.5. The van der Waals surface area contributed by atoms with Gasteiger partial charge in [-0.3, -0.25) is 9.59 Å². The minimum Gasteiger partial charge on any atom is -0.469 e. The second-order valence-electron chi connectivity index (χ2n) is 3.83. The Kier molecular flexibility index (Phi) is 5.78. The van der Waals surface area contributed by atoms with Crippen molar-refractivity contribution in [3.05, 3.63) is 34.6 Å². The van der Waals surface area contributed by atoms with Crippen LogP contribution in [0.1, 0.15) is 36.0 Å². The molecule has 0 unspecified atom stereocenters. The molecule has 0 radical (unpaired) electrons. The molecule has 0 aliphatic carbocycles. The second kappa shape index (κ2) is 7.11. The number of ketones is 1. The molecular weight excluding hydrogens is 259 g/mol. The maximum absolute atomic E-state index is 13.0. The van der Waals surface area contributed by atoms with Gasteiger partial charge < -0.3 is 4.74 Å². The third-order valence-corrected chi connectivity index (χ3v) is 2.82. The van der Waals surface area contributed by atoms with E-state index in [9.17, 15) is 14.0 Å². The molecule has 0 aliphatic heterocycles. The molecule has 0 amide bonds. The van der Waals surface area contributed by atoms with Gasteiger partial charge in [-0.05, 0) is 31.0 Å². The second-order valence-corrected chi connectivity index (χ2v) is 4.24. The largest absolute Gasteiger partial charge is 0.469 e. The first-order valence-electron chi connectivity index (χ1n) is 5.59. The zero-order chi connectivity index (χ0) is 13.5. The van der Waals surface area contributed by atoms with Gasteiger partial charge in [0.15, 0.2) is 5.78 Å². The van der Waals surface area contributed by atoms with Gasteiger partial charge in [0.1, 0.15) is 5.82 Å². The molecule has 98 valence electrons. The van der Waals surface area contributed by atoms with Crippen molar-refractivity contribution < 1.29 is 18.7 Å². The van der Waals surface area contributed by atoms with Crippen molar-refractivity contribution in [3.63, 3.8) is 0 Å². The number of carbonyl (C=O) groups is 2. The Bertz CT molecular complexity index is 446. The van der Waals surface area contributed by atoms with Crippen LogP contribution >= 0.6 is 11.6 Å². The van der Waals surface area contributed by atoms with Crippen molar-refractivity contribution in [1.29, 1.82) is 0 Å². The van der Waals surface area contributed by atoms with Gasteiger partial charge in [-0.1, -0.05) is 11.6 Å². The summed E-state index contributed by atoms with van der Waals surface area (Å²) in [6.07, 6.45) is 1.62. The van der Waals surface area contributed by atoms with Crippen LogP contribution in [0.25, 0.3) is 0 Å². The van der Waals surface area contributed by atoms with Gasteiger partial charge in [-0.25, -0.2) is 4.39 Å². The quantitative estimate of drug-likeness (QED) is 0.453. The first kappa shape index (κ1) is 14.6. The van der Waals surface area contributed by atoms with Crippen molar-refractivity contribution >= 4 is 23.4 Å². The summed E-state index contributed by atoms with van der Waals surface area (Å²) in [6.45, 7) is 0. The number of esters is 1. The summed E-state index contributed by atoms with van der Waals surface area (Å²) in [5.74, 6) is -1.01. The molecule has 0 saturated heterocycles. The van der Waals surface area contributed by atoms with Crippen molar-refractivity contribution in [2.75, 3.05) is 7.11 Å². The van der Waals surface area contributed by atoms with Crippen LogP contribution in [-0.4, -0.2) is 18.9 Å². The van der Waals surface area contributed by atoms with E-state index >= 15 is 0 Å². The average molecular weight is 273 g/mol. The maximum atomic E-state index is 13.0. The molecule has 0 aromatic heterocycles. The monoisotopic (exact) mass is 272 g/mol. The van der Waals surface area contributed by atoms with E-state index in [2.05, 4.69) is 4.74 Å². The topological polar surface area (TPSA) is 43.4 Å². The van der Waals surface area contributed by atoms with E-state index in [1.54, 1.807) is 0 Å². The zero-order valence-corrected chi connectivity index (χ0v) is 10.8. The van der Waals surface area contributed by atoms with Gasteiger partial charge >= 0.3 is 5.97 Å². The number of methoxy groups -OCH3 is 1. The fourth-order valence-electron chi connectivity index (χ4n) is 1.50. The number of Topliss-reactive ketones (excluding diaryl/α,β-unsaturated/α-hetero) is 1. The number of carbonyl (C=O) groups excluding carboxylic acids is 2. The smallest absolute Gasteiger partial charge is 0.305 e. The van der Waals surface area contributed by atoms with Gasteiger partial charge in [-0.15, -0.1) is 0 Å². The standard InChI is InChI=1S/C13H14ClFO3/c1-18-13(17)5-3-2-4-12(16)10-8-9(15)6-7-11(10)14/h6-8H,2-5H2,1H3. The summed E-state index contributed by atoms with van der Waals surface area (Å²) in [6, 6.07) is 3.69. The number of halogens is 2. The summed E-state index contributed by atoms with van der Waals surface area (Å²) in [5.41, 5.74) is 0.190. The molecule has 1 aromatic carbocycles. The van der Waals surface area contributed by atoms with Crippen LogP contribution in [0.4, 0.5) is 4.39 Å². The first-order chi connectivity index (χ1) is 8.54. The van der Waals surface area contributed by atoms with Crippen LogP contribution in [0.3, 0.4) is 0 Å². The fraction of sp³-hybridized carbons (Fsp3) is 0.385. The number of hydrogen-bond acceptors (Lipinski definition) is 3. The van der Waals surface area contributed by atoms with Crippen molar-refractivity contribution in [1.82, 2.24) is 0 Å². The average Bonchev–Trinajstić information content (AvgIpc) is 2.36. The molecule has 0 saturated carbocycles. The molecule has 0 fully saturated rings. The lowest BCUT2D eigenvalue weighted by molar-refractivity contribution is -0.140. The fourth-order valence-corrected chi connectivity index (χ4v) is 1.73. The molecule has 18 heavy (non-hydrogen) atoms. The molecule has 0 bridgehead atoms. The lowest BCUT2D eigenvalue weighted by Crippen LogP contribution is -2.03. The van der Waals surface area contributed by atoms with Crippen LogP contribution in [0.2, 0.25) is 5.02 Å². The van der Waals surface area contributed by atoms with E-state index in [1.807, 2.05) is 0 Å². The molecule has 0 atom stereocenters. The molecule has 3 nitrogen and oxygen atoms in total. The van der Waals surface area contributed by atoms with Crippen LogP contribution in [-0.2, 0) is 9.53 Å². The van der Waals surface area contributed by atoms with Crippen LogP contribution < -0.4 is 0 Å². The lowest BCUT2D eigenvalue weighted by atomic mass is 10.0. The van der Waals surface area contributed by atoms with E-state index in [0.29, 0.717) is 12.8 Å². The number of unbranched alkanes of at least 4 members (excludes halogenated alkanes) is 1. The first-order valence-corrected chi connectivity index (χ1v) is 5.97. The minimum atomic E-state index is -0.489. The lowest BCUT2D eigenvalue weighted by Gasteiger charge is -2.03. The molecular formula is C13H14ClFO3. The van der Waals surface area contributed by atoms with Crippen molar-refractivity contribution in [2.45, 2.75) is 25.7 Å². The molecule has 0 N–H and O–H groups in total. The van der Waals surface area contributed by atoms with Crippen molar-refractivity contribution in [3.8, 4) is 0 Å². The highest BCUT2D eigenvalue weighted by molar-refractivity contribution is 6.33. The summed E-state index contributed by atoms with van der Waals surface area (Å²) in [5, 5.41) is 0.245. The normalized spacial score (nSPS) is 10.2. The highest BCUT2D eigenvalue weighted by Crippen LogP contribution is 2.19. The SMILES string of the molecule is COC(=O)CCCCC(=O)c1cc(F)ccc1Cl. The van der Waals surface area contributed by atoms with Crippen LogP contribution in [0.15, 0.2) is 18.2 Å². The Morgan fingerprint density at radius 1 is 1.28 bits per heavy atom. The third-order valence-electron chi connectivity index (χ3n) is 2.49. The molecule has 0 spiro atoms. The van der Waals surface area contributed by atoms with E-state index in [4.69, 9.17) is 11.6 Å². The molecule has 1 aromatic rings. The Balaban J connectivity index is 2.46. The Labute approximate surface area is 110 Å². The minimum absolute atomic E-state index is 0.190. The summed E-state index contributed by atoms with van der Waals surface area (Å²) in [7, 11) is 1.32. The maximum Gasteiger partial charge on any atom is 0.305 e. The van der Waals surface area contributed by atoms with Crippen LogP contribution in [0, 0.1) is 5.82 Å². The van der Waals surface area contributed by atoms with Crippen LogP contribution in [0.5, 0.6) is 0 Å². The van der Waals surface area contributed by atoms with Gasteiger partial charge in [0.25, 0.3) is 0 Å².